The van der Waals surface area contributed by atoms with E-state index in [-0.39, 0.29) is 17.6 Å². The summed E-state index contributed by atoms with van der Waals surface area (Å²) in [6.45, 7) is 1.68. The molecule has 1 spiro atoms. The molecule has 4 rings (SSSR count). The van der Waals surface area contributed by atoms with Gasteiger partial charge in [-0.2, -0.15) is 0 Å². The van der Waals surface area contributed by atoms with E-state index in [0.29, 0.717) is 11.0 Å². The minimum atomic E-state index is -0.194. The number of rotatable bonds is 3. The number of hydrogen-bond acceptors (Lipinski definition) is 3. The minimum absolute atomic E-state index is 0.0586. The van der Waals surface area contributed by atoms with E-state index in [0.717, 1.165) is 38.2 Å². The maximum Gasteiger partial charge on any atom is 0.330 e. The predicted octanol–water partition coefficient (Wildman–Crippen LogP) is 1.46. The Balaban J connectivity index is 1.39. The molecular weight excluding hydrogens is 294 g/mol. The Labute approximate surface area is 133 Å². The van der Waals surface area contributed by atoms with E-state index in [2.05, 4.69) is 10.3 Å². The largest absolute Gasteiger partial charge is 0.381 e. The molecular formula is C17H19N3O3. The molecule has 1 aromatic carbocycles. The van der Waals surface area contributed by atoms with Gasteiger partial charge in [0.25, 0.3) is 5.91 Å². The Kier molecular flexibility index (Phi) is 3.34. The molecule has 2 aromatic rings. The number of hydrogen-bond donors (Lipinski definition) is 2. The molecule has 1 aromatic heterocycles. The summed E-state index contributed by atoms with van der Waals surface area (Å²) in [6, 6.07) is 7.29. The highest BCUT2D eigenvalue weighted by atomic mass is 16.5. The van der Waals surface area contributed by atoms with Crippen LogP contribution in [0.1, 0.15) is 29.6 Å². The van der Waals surface area contributed by atoms with Crippen molar-refractivity contribution < 1.29 is 9.53 Å². The number of ether oxygens (including phenoxy) is 1. The first kappa shape index (κ1) is 14.3. The van der Waals surface area contributed by atoms with Crippen LogP contribution in [0.3, 0.4) is 0 Å². The third kappa shape index (κ3) is 2.59. The Morgan fingerprint density at radius 1 is 1.30 bits per heavy atom. The zero-order valence-electron chi connectivity index (χ0n) is 12.7. The molecule has 6 nitrogen and oxygen atoms in total. The van der Waals surface area contributed by atoms with Crippen molar-refractivity contribution in [1.29, 1.82) is 0 Å². The number of nitrogens with zero attached hydrogens (tertiary/aromatic N) is 1. The van der Waals surface area contributed by atoms with Crippen LogP contribution in [0.5, 0.6) is 0 Å². The fourth-order valence-electron chi connectivity index (χ4n) is 3.62. The Morgan fingerprint density at radius 3 is 2.70 bits per heavy atom. The van der Waals surface area contributed by atoms with Gasteiger partial charge in [-0.05, 0) is 48.9 Å². The highest BCUT2D eigenvalue weighted by molar-refractivity contribution is 5.94. The van der Waals surface area contributed by atoms with Crippen LogP contribution in [0.25, 0.3) is 5.69 Å². The maximum absolute atomic E-state index is 12.3. The van der Waals surface area contributed by atoms with Crippen LogP contribution in [-0.2, 0) is 4.74 Å². The van der Waals surface area contributed by atoms with Gasteiger partial charge in [0.2, 0.25) is 0 Å². The zero-order chi connectivity index (χ0) is 15.9. The first-order valence-electron chi connectivity index (χ1n) is 7.90. The fourth-order valence-corrected chi connectivity index (χ4v) is 3.62. The van der Waals surface area contributed by atoms with E-state index >= 15 is 0 Å². The zero-order valence-corrected chi connectivity index (χ0v) is 12.7. The lowest BCUT2D eigenvalue weighted by atomic mass is 9.65. The molecule has 0 radical (unpaired) electrons. The van der Waals surface area contributed by atoms with Crippen molar-refractivity contribution in [3.63, 3.8) is 0 Å². The van der Waals surface area contributed by atoms with Crippen LogP contribution in [-0.4, -0.2) is 34.7 Å². The van der Waals surface area contributed by atoms with Gasteiger partial charge in [0.1, 0.15) is 0 Å². The molecule has 0 atom stereocenters. The van der Waals surface area contributed by atoms with E-state index in [9.17, 15) is 9.59 Å². The summed E-state index contributed by atoms with van der Waals surface area (Å²) in [5, 5.41) is 3.08. The number of carbonyl (C=O) groups excluding carboxylic acids is 1. The SMILES string of the molecule is O=C(NC1CC2(CCOC2)C1)c1ccc(-n2cc[nH]c2=O)cc1. The molecule has 2 heterocycles. The van der Waals surface area contributed by atoms with Crippen LogP contribution >= 0.6 is 0 Å². The molecule has 1 aliphatic heterocycles. The van der Waals surface area contributed by atoms with Crippen molar-refractivity contribution in [3.8, 4) is 5.69 Å². The average molecular weight is 313 g/mol. The highest BCUT2D eigenvalue weighted by Gasteiger charge is 2.47. The van der Waals surface area contributed by atoms with Gasteiger partial charge in [0.15, 0.2) is 0 Å². The third-order valence-corrected chi connectivity index (χ3v) is 4.94. The van der Waals surface area contributed by atoms with Crippen molar-refractivity contribution in [3.05, 3.63) is 52.7 Å². The number of amides is 1. The summed E-state index contributed by atoms with van der Waals surface area (Å²) >= 11 is 0. The normalized spacial score (nSPS) is 26.2. The van der Waals surface area contributed by atoms with Gasteiger partial charge in [-0.3, -0.25) is 9.36 Å². The molecule has 2 aliphatic rings. The van der Waals surface area contributed by atoms with Crippen LogP contribution in [0.15, 0.2) is 41.5 Å². The van der Waals surface area contributed by atoms with Crippen LogP contribution in [0, 0.1) is 5.41 Å². The van der Waals surface area contributed by atoms with E-state index in [1.807, 2.05) is 0 Å². The van der Waals surface area contributed by atoms with Crippen LogP contribution < -0.4 is 11.0 Å². The Morgan fingerprint density at radius 2 is 2.09 bits per heavy atom. The van der Waals surface area contributed by atoms with Crippen LogP contribution in [0.4, 0.5) is 0 Å². The van der Waals surface area contributed by atoms with Crippen molar-refractivity contribution in [2.24, 2.45) is 5.41 Å². The number of aromatic nitrogens is 2. The second-order valence-corrected chi connectivity index (χ2v) is 6.56. The number of benzene rings is 1. The second-order valence-electron chi connectivity index (χ2n) is 6.56. The van der Waals surface area contributed by atoms with Gasteiger partial charge in [-0.25, -0.2) is 4.79 Å². The van der Waals surface area contributed by atoms with E-state index in [1.165, 1.54) is 4.57 Å². The lowest BCUT2D eigenvalue weighted by Gasteiger charge is -2.44. The minimum Gasteiger partial charge on any atom is -0.381 e. The predicted molar refractivity (Wildman–Crippen MR) is 84.7 cm³/mol. The molecule has 1 aliphatic carbocycles. The van der Waals surface area contributed by atoms with Gasteiger partial charge >= 0.3 is 5.69 Å². The van der Waals surface area contributed by atoms with Gasteiger partial charge in [-0.15, -0.1) is 0 Å². The van der Waals surface area contributed by atoms with E-state index in [4.69, 9.17) is 4.74 Å². The van der Waals surface area contributed by atoms with E-state index in [1.54, 1.807) is 36.7 Å². The number of aromatic amines is 1. The number of H-pyrrole nitrogens is 1. The maximum atomic E-state index is 12.3. The average Bonchev–Trinajstić information content (AvgIpc) is 3.16. The van der Waals surface area contributed by atoms with Crippen molar-refractivity contribution in [1.82, 2.24) is 14.9 Å². The van der Waals surface area contributed by atoms with Crippen LogP contribution in [0.2, 0.25) is 0 Å². The lowest BCUT2D eigenvalue weighted by Crippen LogP contribution is -2.51. The smallest absolute Gasteiger partial charge is 0.330 e. The number of nitrogens with one attached hydrogen (secondary N) is 2. The number of carbonyl (C=O) groups is 1. The third-order valence-electron chi connectivity index (χ3n) is 4.94. The molecule has 0 unspecified atom stereocenters. The van der Waals surface area contributed by atoms with Crippen molar-refractivity contribution in [2.75, 3.05) is 13.2 Å². The second kappa shape index (κ2) is 5.38. The molecule has 1 saturated heterocycles. The Hall–Kier alpha value is -2.34. The molecule has 1 amide bonds. The summed E-state index contributed by atoms with van der Waals surface area (Å²) in [5.41, 5.74) is 1.47. The molecule has 120 valence electrons. The van der Waals surface area contributed by atoms with E-state index < -0.39 is 0 Å². The van der Waals surface area contributed by atoms with Gasteiger partial charge < -0.3 is 15.0 Å². The standard InChI is InChI=1S/C17H19N3O3/c21-15(19-13-9-17(10-13)5-8-23-11-17)12-1-3-14(4-2-12)20-7-6-18-16(20)22/h1-4,6-7,13H,5,8-11H2,(H,18,22)(H,19,21). The van der Waals surface area contributed by atoms with Crippen molar-refractivity contribution >= 4 is 5.91 Å². The van der Waals surface area contributed by atoms with Gasteiger partial charge in [0.05, 0.1) is 12.3 Å². The quantitative estimate of drug-likeness (QED) is 0.901. The topological polar surface area (TPSA) is 76.1 Å². The molecule has 0 bridgehead atoms. The molecule has 23 heavy (non-hydrogen) atoms. The number of imidazole rings is 1. The van der Waals surface area contributed by atoms with Gasteiger partial charge in [-0.1, -0.05) is 0 Å². The van der Waals surface area contributed by atoms with Gasteiger partial charge in [0, 0.05) is 30.6 Å². The summed E-state index contributed by atoms with van der Waals surface area (Å²) in [5.74, 6) is -0.0586. The first-order chi connectivity index (χ1) is 11.2. The first-order valence-corrected chi connectivity index (χ1v) is 7.90. The summed E-state index contributed by atoms with van der Waals surface area (Å²) < 4.78 is 6.95. The summed E-state index contributed by atoms with van der Waals surface area (Å²) in [7, 11) is 0. The molecule has 2 N–H and O–H groups in total. The molecule has 1 saturated carbocycles. The lowest BCUT2D eigenvalue weighted by molar-refractivity contribution is 0.0530. The summed E-state index contributed by atoms with van der Waals surface area (Å²) in [6.07, 6.45) is 6.38. The van der Waals surface area contributed by atoms with Crippen molar-refractivity contribution in [2.45, 2.75) is 25.3 Å². The fraction of sp³-hybridized carbons (Fsp3) is 0.412. The highest BCUT2D eigenvalue weighted by Crippen LogP contribution is 2.47. The monoisotopic (exact) mass is 313 g/mol. The summed E-state index contributed by atoms with van der Waals surface area (Å²) in [4.78, 5) is 26.5. The molecule has 6 heteroatoms. The molecule has 2 fully saturated rings. The Bertz CT molecular complexity index is 761.